The largest absolute Gasteiger partial charge is 0.462 e. The lowest BCUT2D eigenvalue weighted by molar-refractivity contribution is -0.140. The maximum Gasteiger partial charge on any atom is 0.319 e. The zero-order valence-electron chi connectivity index (χ0n) is 12.0. The number of hydrogen-bond donors (Lipinski definition) is 0. The number of carbonyl (C=O) groups excluding carboxylic acids is 1. The van der Waals surface area contributed by atoms with Crippen LogP contribution < -0.4 is 0 Å². The van der Waals surface area contributed by atoms with Gasteiger partial charge in [0, 0.05) is 18.5 Å². The smallest absolute Gasteiger partial charge is 0.319 e. The lowest BCUT2D eigenvalue weighted by Gasteiger charge is -2.08. The number of aromatic nitrogens is 3. The Morgan fingerprint density at radius 3 is 2.71 bits per heavy atom. The normalized spacial score (nSPS) is 21.5. The molecule has 0 aliphatic carbocycles. The number of ether oxygens (including phenoxy) is 1. The Bertz CT molecular complexity index is 642. The maximum atomic E-state index is 11.8. The maximum absolute atomic E-state index is 11.8. The minimum absolute atomic E-state index is 0.0124. The van der Waals surface area contributed by atoms with E-state index in [4.69, 9.17) is 4.74 Å². The van der Waals surface area contributed by atoms with Crippen LogP contribution in [0.25, 0.3) is 11.4 Å². The molecule has 1 saturated heterocycles. The third-order valence-corrected chi connectivity index (χ3v) is 4.62. The summed E-state index contributed by atoms with van der Waals surface area (Å²) in [6.45, 7) is 4.73. The van der Waals surface area contributed by atoms with Gasteiger partial charge in [0.05, 0.1) is 0 Å². The van der Waals surface area contributed by atoms with E-state index in [0.29, 0.717) is 0 Å². The average molecular weight is 303 g/mol. The molecule has 2 aromatic rings. The van der Waals surface area contributed by atoms with Crippen molar-refractivity contribution in [2.24, 2.45) is 0 Å². The van der Waals surface area contributed by atoms with Crippen LogP contribution >= 0.6 is 11.8 Å². The molecule has 1 aromatic heterocycles. The van der Waals surface area contributed by atoms with Gasteiger partial charge >= 0.3 is 5.97 Å². The van der Waals surface area contributed by atoms with E-state index in [-0.39, 0.29) is 17.3 Å². The predicted molar refractivity (Wildman–Crippen MR) is 80.9 cm³/mol. The van der Waals surface area contributed by atoms with Crippen molar-refractivity contribution in [2.75, 3.05) is 0 Å². The summed E-state index contributed by atoms with van der Waals surface area (Å²) in [7, 11) is 0. The number of hydrogen-bond acceptors (Lipinski definition) is 5. The Labute approximate surface area is 127 Å². The summed E-state index contributed by atoms with van der Waals surface area (Å²) in [4.78, 5) is 11.8. The fourth-order valence-corrected chi connectivity index (χ4v) is 3.61. The van der Waals surface area contributed by atoms with Crippen LogP contribution in [0.2, 0.25) is 0 Å². The van der Waals surface area contributed by atoms with Crippen molar-refractivity contribution in [2.45, 2.75) is 43.3 Å². The van der Waals surface area contributed by atoms with Crippen LogP contribution in [0.3, 0.4) is 0 Å². The van der Waals surface area contributed by atoms with E-state index in [1.54, 1.807) is 0 Å². The molecule has 1 fully saturated rings. The molecule has 6 heteroatoms. The lowest BCUT2D eigenvalue weighted by Crippen LogP contribution is -2.11. The lowest BCUT2D eigenvalue weighted by atomic mass is 10.2. The molecule has 21 heavy (non-hydrogen) atoms. The Morgan fingerprint density at radius 2 is 2.10 bits per heavy atom. The topological polar surface area (TPSA) is 57.0 Å². The van der Waals surface area contributed by atoms with Gasteiger partial charge in [-0.25, -0.2) is 0 Å². The molecule has 2 heterocycles. The second-order valence-corrected chi connectivity index (χ2v) is 6.18. The van der Waals surface area contributed by atoms with E-state index >= 15 is 0 Å². The monoisotopic (exact) mass is 303 g/mol. The molecule has 5 nitrogen and oxygen atoms in total. The first-order chi connectivity index (χ1) is 10.2. The molecule has 0 N–H and O–H groups in total. The van der Waals surface area contributed by atoms with Crippen LogP contribution in [0.1, 0.15) is 20.3 Å². The molecule has 0 amide bonds. The fourth-order valence-electron chi connectivity index (χ4n) is 2.41. The first kappa shape index (κ1) is 14.1. The number of carbonyl (C=O) groups is 1. The van der Waals surface area contributed by atoms with E-state index < -0.39 is 0 Å². The summed E-state index contributed by atoms with van der Waals surface area (Å²) in [6.07, 6.45) is 0.711. The molecule has 0 saturated carbocycles. The van der Waals surface area contributed by atoms with Gasteiger partial charge in [0.15, 0.2) is 11.0 Å². The number of nitrogens with zero attached hydrogens (tertiary/aromatic N) is 3. The standard InChI is InChI=1S/C15H17N3O2S/c1-3-18-13(11-7-5-4-6-8-11)16-17-15(18)21-12-9-10(2)20-14(12)19/h4-8,10,12H,3,9H2,1-2H3/t10-,12+/m0/s1. The van der Waals surface area contributed by atoms with Crippen LogP contribution in [0, 0.1) is 0 Å². The molecule has 0 unspecified atom stereocenters. The number of thioether (sulfide) groups is 1. The number of benzene rings is 1. The summed E-state index contributed by atoms with van der Waals surface area (Å²) in [6, 6.07) is 9.95. The van der Waals surface area contributed by atoms with Crippen LogP contribution in [-0.4, -0.2) is 32.1 Å². The van der Waals surface area contributed by atoms with Gasteiger partial charge in [0.2, 0.25) is 0 Å². The first-order valence-corrected chi connectivity index (χ1v) is 7.92. The fraction of sp³-hybridized carbons (Fsp3) is 0.400. The van der Waals surface area contributed by atoms with Crippen LogP contribution in [-0.2, 0) is 16.1 Å². The molecule has 1 aliphatic rings. The average Bonchev–Trinajstić information content (AvgIpc) is 3.03. The molecular formula is C15H17N3O2S. The van der Waals surface area contributed by atoms with Gasteiger partial charge in [0.1, 0.15) is 11.4 Å². The van der Waals surface area contributed by atoms with Crippen molar-refractivity contribution >= 4 is 17.7 Å². The van der Waals surface area contributed by atoms with Crippen molar-refractivity contribution in [3.63, 3.8) is 0 Å². The van der Waals surface area contributed by atoms with Crippen molar-refractivity contribution in [1.82, 2.24) is 14.8 Å². The highest BCUT2D eigenvalue weighted by atomic mass is 32.2. The molecule has 1 aliphatic heterocycles. The minimum atomic E-state index is -0.182. The molecule has 0 bridgehead atoms. The van der Waals surface area contributed by atoms with Crippen LogP contribution in [0.5, 0.6) is 0 Å². The van der Waals surface area contributed by atoms with Gasteiger partial charge < -0.3 is 9.30 Å². The van der Waals surface area contributed by atoms with Crippen LogP contribution in [0.15, 0.2) is 35.5 Å². The number of rotatable bonds is 4. The van der Waals surface area contributed by atoms with E-state index in [1.807, 2.05) is 41.8 Å². The highest BCUT2D eigenvalue weighted by Crippen LogP contribution is 2.32. The SMILES string of the molecule is CCn1c(S[C@@H]2C[C@H](C)OC2=O)nnc1-c1ccccc1. The summed E-state index contributed by atoms with van der Waals surface area (Å²) in [5, 5.41) is 9.13. The highest BCUT2D eigenvalue weighted by molar-refractivity contribution is 8.00. The second-order valence-electron chi connectivity index (χ2n) is 5.01. The van der Waals surface area contributed by atoms with Gasteiger partial charge in [-0.05, 0) is 13.8 Å². The van der Waals surface area contributed by atoms with Crippen LogP contribution in [0.4, 0.5) is 0 Å². The van der Waals surface area contributed by atoms with Gasteiger partial charge in [0.25, 0.3) is 0 Å². The summed E-state index contributed by atoms with van der Waals surface area (Å²) in [5.74, 6) is 0.680. The highest BCUT2D eigenvalue weighted by Gasteiger charge is 2.34. The molecule has 0 spiro atoms. The van der Waals surface area contributed by atoms with Crippen molar-refractivity contribution in [1.29, 1.82) is 0 Å². The Balaban J connectivity index is 1.87. The van der Waals surface area contributed by atoms with E-state index in [2.05, 4.69) is 17.1 Å². The quantitative estimate of drug-likeness (QED) is 0.813. The summed E-state index contributed by atoms with van der Waals surface area (Å²) in [5.41, 5.74) is 1.03. The van der Waals surface area contributed by atoms with Gasteiger partial charge in [-0.15, -0.1) is 10.2 Å². The molecule has 110 valence electrons. The van der Waals surface area contributed by atoms with Crippen molar-refractivity contribution in [3.05, 3.63) is 30.3 Å². The summed E-state index contributed by atoms with van der Waals surface area (Å²) < 4.78 is 7.23. The third-order valence-electron chi connectivity index (χ3n) is 3.44. The van der Waals surface area contributed by atoms with Crippen molar-refractivity contribution < 1.29 is 9.53 Å². The zero-order valence-corrected chi connectivity index (χ0v) is 12.8. The van der Waals surface area contributed by atoms with Crippen molar-refractivity contribution in [3.8, 4) is 11.4 Å². The molecular weight excluding hydrogens is 286 g/mol. The Morgan fingerprint density at radius 1 is 1.33 bits per heavy atom. The Kier molecular flexibility index (Phi) is 3.96. The number of cyclic esters (lactones) is 1. The summed E-state index contributed by atoms with van der Waals surface area (Å²) >= 11 is 1.44. The molecule has 3 rings (SSSR count). The van der Waals surface area contributed by atoms with Gasteiger partial charge in [-0.1, -0.05) is 42.1 Å². The van der Waals surface area contributed by atoms with Gasteiger partial charge in [-0.2, -0.15) is 0 Å². The first-order valence-electron chi connectivity index (χ1n) is 7.04. The van der Waals surface area contributed by atoms with E-state index in [9.17, 15) is 4.79 Å². The molecule has 0 radical (unpaired) electrons. The number of esters is 1. The minimum Gasteiger partial charge on any atom is -0.462 e. The van der Waals surface area contributed by atoms with E-state index in [0.717, 1.165) is 29.5 Å². The van der Waals surface area contributed by atoms with Gasteiger partial charge in [-0.3, -0.25) is 4.79 Å². The third kappa shape index (κ3) is 2.81. The molecule has 1 aromatic carbocycles. The second kappa shape index (κ2) is 5.89. The zero-order chi connectivity index (χ0) is 14.8. The predicted octanol–water partition coefficient (Wildman–Crippen LogP) is 2.76. The Hall–Kier alpha value is -1.82. The van der Waals surface area contributed by atoms with E-state index in [1.165, 1.54) is 11.8 Å². The molecule has 2 atom stereocenters.